The molecule has 10 rings (SSSR count). The molecule has 0 amide bonds. The lowest BCUT2D eigenvalue weighted by Gasteiger charge is -2.43. The van der Waals surface area contributed by atoms with Gasteiger partial charge >= 0.3 is 0 Å². The summed E-state index contributed by atoms with van der Waals surface area (Å²) in [6.07, 6.45) is 4.91. The van der Waals surface area contributed by atoms with Crippen LogP contribution < -0.4 is 9.47 Å². The topological polar surface area (TPSA) is 18.5 Å². The van der Waals surface area contributed by atoms with Crippen LogP contribution in [-0.2, 0) is 11.2 Å². The molecule has 0 saturated heterocycles. The fraction of sp³-hybridized carbons (Fsp3) is 0.172. The molecule has 2 nitrogen and oxygen atoms in total. The van der Waals surface area contributed by atoms with E-state index in [-0.39, 0.29) is 0 Å². The van der Waals surface area contributed by atoms with E-state index in [1.54, 1.807) is 0 Å². The fourth-order valence-electron chi connectivity index (χ4n) is 10.4. The van der Waals surface area contributed by atoms with Gasteiger partial charge in [-0.3, -0.25) is 0 Å². The molecule has 0 atom stereocenters. The first kappa shape index (κ1) is 37.6. The van der Waals surface area contributed by atoms with Crippen LogP contribution in [0.2, 0.25) is 0 Å². The monoisotopic (exact) mass is 778 g/mol. The third kappa shape index (κ3) is 5.84. The van der Waals surface area contributed by atoms with E-state index in [9.17, 15) is 0 Å². The zero-order chi connectivity index (χ0) is 41.5. The van der Waals surface area contributed by atoms with Gasteiger partial charge < -0.3 is 9.47 Å². The number of ether oxygens (including phenoxy) is 2. The third-order valence-corrected chi connectivity index (χ3v) is 13.0. The second kappa shape index (κ2) is 14.0. The van der Waals surface area contributed by atoms with E-state index in [0.29, 0.717) is 0 Å². The Bertz CT molecular complexity index is 2820. The summed E-state index contributed by atoms with van der Waals surface area (Å²) in [7, 11) is 0. The Morgan fingerprint density at radius 3 is 0.967 bits per heavy atom. The Kier molecular flexibility index (Phi) is 8.77. The number of benzene rings is 8. The van der Waals surface area contributed by atoms with Gasteiger partial charge in [-0.15, -0.1) is 0 Å². The van der Waals surface area contributed by atoms with E-state index >= 15 is 0 Å². The maximum absolute atomic E-state index is 7.69. The molecule has 2 aliphatic rings. The first-order valence-corrected chi connectivity index (χ1v) is 21.1. The minimum atomic E-state index is -0.966. The highest BCUT2D eigenvalue weighted by molar-refractivity contribution is 6.18. The van der Waals surface area contributed by atoms with Crippen LogP contribution in [0.4, 0.5) is 0 Å². The second-order valence-corrected chi connectivity index (χ2v) is 17.4. The lowest BCUT2D eigenvalue weighted by molar-refractivity contribution is 0.156. The van der Waals surface area contributed by atoms with Crippen LogP contribution in [0.3, 0.4) is 0 Å². The Morgan fingerprint density at radius 1 is 0.333 bits per heavy atom. The van der Waals surface area contributed by atoms with Gasteiger partial charge in [-0.1, -0.05) is 156 Å². The van der Waals surface area contributed by atoms with E-state index in [2.05, 4.69) is 213 Å². The predicted octanol–water partition coefficient (Wildman–Crippen LogP) is 14.6. The number of hydrogen-bond donors (Lipinski definition) is 0. The summed E-state index contributed by atoms with van der Waals surface area (Å²) in [5, 5.41) is 4.62. The van der Waals surface area contributed by atoms with Crippen molar-refractivity contribution in [3.63, 3.8) is 0 Å². The normalized spacial score (nSPS) is 15.1. The first-order valence-electron chi connectivity index (χ1n) is 21.1. The fourth-order valence-corrected chi connectivity index (χ4v) is 10.4. The zero-order valence-corrected chi connectivity index (χ0v) is 35.8. The van der Waals surface area contributed by atoms with Gasteiger partial charge in [0.05, 0.1) is 0 Å². The molecule has 0 spiro atoms. The molecule has 0 unspecified atom stereocenters. The van der Waals surface area contributed by atoms with Crippen LogP contribution in [0, 0.1) is 55.4 Å². The van der Waals surface area contributed by atoms with Gasteiger partial charge in [0.25, 0.3) is 0 Å². The number of fused-ring (bicyclic) bond motifs is 6. The van der Waals surface area contributed by atoms with Crippen LogP contribution in [0.1, 0.15) is 77.9 Å². The summed E-state index contributed by atoms with van der Waals surface area (Å²) in [6, 6.07) is 53.4. The van der Waals surface area contributed by atoms with Crippen molar-refractivity contribution in [1.82, 2.24) is 0 Å². The summed E-state index contributed by atoms with van der Waals surface area (Å²) in [5.41, 5.74) is 16.6. The molecule has 294 valence electrons. The average molecular weight is 779 g/mol. The highest BCUT2D eigenvalue weighted by atomic mass is 16.5. The molecule has 0 aromatic heterocycles. The van der Waals surface area contributed by atoms with Crippen molar-refractivity contribution in [2.45, 2.75) is 66.6 Å². The first-order chi connectivity index (χ1) is 29.0. The van der Waals surface area contributed by atoms with E-state index in [1.807, 2.05) is 0 Å². The van der Waals surface area contributed by atoms with Gasteiger partial charge in [-0.05, 0) is 135 Å². The van der Waals surface area contributed by atoms with Crippen molar-refractivity contribution in [3.05, 3.63) is 236 Å². The summed E-state index contributed by atoms with van der Waals surface area (Å²) in [4.78, 5) is 0. The molecule has 0 radical (unpaired) electrons. The third-order valence-electron chi connectivity index (χ3n) is 13.0. The molecule has 0 saturated carbocycles. The Balaban J connectivity index is 1.42. The SMILES string of the molecule is Cc1ccc(C2(c3ccc(C)cc3C)C=C(C3=CC(c4ccc(C)cc4C)(c4ccc(C)cc4C)Oc4ccc5ccccc5c43)c3c(ccc4ccccc34)O2)c(C)c1. The van der Waals surface area contributed by atoms with Gasteiger partial charge in [-0.2, -0.15) is 0 Å². The molecule has 0 fully saturated rings. The molecular weight excluding hydrogens is 729 g/mol. The van der Waals surface area contributed by atoms with E-state index in [1.165, 1.54) is 44.5 Å². The average Bonchev–Trinajstić information content (AvgIpc) is 3.22. The second-order valence-electron chi connectivity index (χ2n) is 17.4. The number of hydrogen-bond acceptors (Lipinski definition) is 2. The van der Waals surface area contributed by atoms with Crippen molar-refractivity contribution in [1.29, 1.82) is 0 Å². The molecular formula is C58H50O2. The Morgan fingerprint density at radius 2 is 0.650 bits per heavy atom. The summed E-state index contributed by atoms with van der Waals surface area (Å²) < 4.78 is 15.4. The lowest BCUT2D eigenvalue weighted by atomic mass is 9.72. The van der Waals surface area contributed by atoms with Crippen LogP contribution in [0.25, 0.3) is 32.7 Å². The highest BCUT2D eigenvalue weighted by Crippen LogP contribution is 2.57. The largest absolute Gasteiger partial charge is 0.473 e. The minimum absolute atomic E-state index is 0.851. The number of aryl methyl sites for hydroxylation is 8. The Labute approximate surface area is 354 Å². The van der Waals surface area contributed by atoms with Crippen molar-refractivity contribution in [2.75, 3.05) is 0 Å². The van der Waals surface area contributed by atoms with Gasteiger partial charge in [0.15, 0.2) is 11.2 Å². The van der Waals surface area contributed by atoms with Crippen molar-refractivity contribution in [2.24, 2.45) is 0 Å². The quantitative estimate of drug-likeness (QED) is 0.173. The highest BCUT2D eigenvalue weighted by Gasteiger charge is 2.46. The van der Waals surface area contributed by atoms with Crippen molar-refractivity contribution >= 4 is 32.7 Å². The standard InChI is InChI=1S/C58H50O2/c1-35-17-23-49(39(5)29-35)57(50-24-18-36(2)30-40(50)6)33-47(55-45-15-11-9-13-43(45)21-27-53(55)59-57)48-34-58(51-25-19-37(3)31-41(51)7,52-26-20-38(4)32-42(52)8)60-54-28-22-44-14-10-12-16-46(44)56(48)54/h9-34H,1-8H3. The molecule has 0 aliphatic carbocycles. The molecule has 2 heteroatoms. The predicted molar refractivity (Wildman–Crippen MR) is 250 cm³/mol. The number of rotatable bonds is 5. The van der Waals surface area contributed by atoms with E-state index in [0.717, 1.165) is 77.6 Å². The molecule has 0 bridgehead atoms. The number of allylic oxidation sites excluding steroid dienone is 2. The van der Waals surface area contributed by atoms with Crippen molar-refractivity contribution < 1.29 is 9.47 Å². The van der Waals surface area contributed by atoms with Gasteiger partial charge in [0.2, 0.25) is 0 Å². The van der Waals surface area contributed by atoms with Crippen LogP contribution in [-0.4, -0.2) is 0 Å². The Hall–Kier alpha value is -6.64. The van der Waals surface area contributed by atoms with E-state index in [4.69, 9.17) is 9.47 Å². The molecule has 2 heterocycles. The maximum atomic E-state index is 7.69. The molecule has 0 N–H and O–H groups in total. The summed E-state index contributed by atoms with van der Waals surface area (Å²) in [5.74, 6) is 1.70. The molecule has 60 heavy (non-hydrogen) atoms. The van der Waals surface area contributed by atoms with E-state index < -0.39 is 11.2 Å². The van der Waals surface area contributed by atoms with Crippen LogP contribution >= 0.6 is 0 Å². The smallest absolute Gasteiger partial charge is 0.179 e. The van der Waals surface area contributed by atoms with Crippen molar-refractivity contribution in [3.8, 4) is 11.5 Å². The maximum Gasteiger partial charge on any atom is 0.179 e. The zero-order valence-electron chi connectivity index (χ0n) is 35.8. The molecule has 2 aliphatic heterocycles. The molecule has 8 aromatic rings. The lowest BCUT2D eigenvalue weighted by Crippen LogP contribution is -2.39. The molecule has 8 aromatic carbocycles. The minimum Gasteiger partial charge on any atom is -0.473 e. The summed E-state index contributed by atoms with van der Waals surface area (Å²) in [6.45, 7) is 17.6. The van der Waals surface area contributed by atoms with Gasteiger partial charge in [0.1, 0.15) is 11.5 Å². The summed E-state index contributed by atoms with van der Waals surface area (Å²) >= 11 is 0. The van der Waals surface area contributed by atoms with Crippen LogP contribution in [0.5, 0.6) is 11.5 Å². The van der Waals surface area contributed by atoms with Gasteiger partial charge in [0, 0.05) is 33.4 Å². The van der Waals surface area contributed by atoms with Crippen LogP contribution in [0.15, 0.2) is 158 Å². The van der Waals surface area contributed by atoms with Gasteiger partial charge in [-0.25, -0.2) is 0 Å².